The summed E-state index contributed by atoms with van der Waals surface area (Å²) < 4.78 is 8.14. The molecule has 0 aliphatic rings. The van der Waals surface area contributed by atoms with E-state index in [9.17, 15) is 9.90 Å². The Balaban J connectivity index is 1.73. The summed E-state index contributed by atoms with van der Waals surface area (Å²) in [7, 11) is 0. The molecule has 6 nitrogen and oxygen atoms in total. The van der Waals surface area contributed by atoms with E-state index < -0.39 is 0 Å². The molecule has 0 saturated carbocycles. The monoisotopic (exact) mass is 459 g/mol. The van der Waals surface area contributed by atoms with Crippen molar-refractivity contribution < 1.29 is 9.52 Å². The Morgan fingerprint density at radius 3 is 2.67 bits per heavy atom. The van der Waals surface area contributed by atoms with Gasteiger partial charge in [-0.2, -0.15) is 9.78 Å². The summed E-state index contributed by atoms with van der Waals surface area (Å²) in [6.45, 7) is 0. The fourth-order valence-corrected chi connectivity index (χ4v) is 3.58. The van der Waals surface area contributed by atoms with Crippen LogP contribution in [0.15, 0.2) is 91.6 Å². The highest BCUT2D eigenvalue weighted by Gasteiger charge is 2.16. The minimum absolute atomic E-state index is 0.158. The van der Waals surface area contributed by atoms with Crippen LogP contribution in [-0.2, 0) is 0 Å². The normalized spacial score (nSPS) is 11.6. The number of furan rings is 1. The van der Waals surface area contributed by atoms with Crippen LogP contribution in [0.3, 0.4) is 0 Å². The zero-order chi connectivity index (χ0) is 20.7. The summed E-state index contributed by atoms with van der Waals surface area (Å²) in [5.41, 5.74) is 1.68. The molecule has 0 fully saturated rings. The summed E-state index contributed by atoms with van der Waals surface area (Å²) in [6, 6.07) is 21.2. The zero-order valence-electron chi connectivity index (χ0n) is 15.5. The van der Waals surface area contributed by atoms with Gasteiger partial charge in [-0.15, -0.1) is 0 Å². The van der Waals surface area contributed by atoms with Crippen LogP contribution >= 0.6 is 15.9 Å². The van der Waals surface area contributed by atoms with Crippen LogP contribution in [0.4, 0.5) is 0 Å². The maximum Gasteiger partial charge on any atom is 0.282 e. The van der Waals surface area contributed by atoms with Gasteiger partial charge in [0.1, 0.15) is 11.3 Å². The highest BCUT2D eigenvalue weighted by molar-refractivity contribution is 9.10. The third kappa shape index (κ3) is 3.29. The molecule has 30 heavy (non-hydrogen) atoms. The molecule has 2 aromatic heterocycles. The molecule has 2 heterocycles. The summed E-state index contributed by atoms with van der Waals surface area (Å²) >= 11 is 3.46. The molecule has 146 valence electrons. The number of hydrogen-bond acceptors (Lipinski definition) is 5. The van der Waals surface area contributed by atoms with Crippen molar-refractivity contribution >= 4 is 44.0 Å². The maximum absolute atomic E-state index is 13.2. The number of fused-ring (bicyclic) bond motifs is 2. The van der Waals surface area contributed by atoms with Crippen molar-refractivity contribution in [3.8, 4) is 17.3 Å². The number of rotatable bonds is 3. The Morgan fingerprint density at radius 1 is 1.03 bits per heavy atom. The van der Waals surface area contributed by atoms with E-state index in [0.29, 0.717) is 28.1 Å². The first kappa shape index (κ1) is 18.3. The summed E-state index contributed by atoms with van der Waals surface area (Å²) in [4.78, 5) is 17.8. The third-order valence-electron chi connectivity index (χ3n) is 4.67. The van der Waals surface area contributed by atoms with E-state index >= 15 is 0 Å². The van der Waals surface area contributed by atoms with Crippen LogP contribution in [-0.4, -0.2) is 21.0 Å². The van der Waals surface area contributed by atoms with E-state index in [-0.39, 0.29) is 11.3 Å². The van der Waals surface area contributed by atoms with Gasteiger partial charge in [-0.25, -0.2) is 4.98 Å². The molecule has 3 aromatic carbocycles. The first-order valence-electron chi connectivity index (χ1n) is 9.13. The van der Waals surface area contributed by atoms with Crippen LogP contribution in [0, 0.1) is 0 Å². The molecule has 5 rings (SSSR count). The highest BCUT2D eigenvalue weighted by atomic mass is 79.9. The minimum atomic E-state index is -0.299. The largest absolute Gasteiger partial charge is 0.508 e. The van der Waals surface area contributed by atoms with Crippen molar-refractivity contribution in [1.82, 2.24) is 9.66 Å². The lowest BCUT2D eigenvalue weighted by Gasteiger charge is -2.07. The average Bonchev–Trinajstić information content (AvgIpc) is 3.17. The van der Waals surface area contributed by atoms with Gasteiger partial charge in [0.25, 0.3) is 5.56 Å². The molecular weight excluding hydrogens is 446 g/mol. The second-order valence-corrected chi connectivity index (χ2v) is 7.61. The molecule has 7 heteroatoms. The lowest BCUT2D eigenvalue weighted by Crippen LogP contribution is -2.20. The fourth-order valence-electron chi connectivity index (χ4n) is 3.20. The number of phenols is 1. The summed E-state index contributed by atoms with van der Waals surface area (Å²) in [6.07, 6.45) is 1.54. The SMILES string of the molecule is O=c1c2ccccc2nc(-c2cc3cc(Br)ccc3o2)n1N=Cc1ccc(O)cc1. The van der Waals surface area contributed by atoms with Gasteiger partial charge in [0.05, 0.1) is 17.1 Å². The van der Waals surface area contributed by atoms with E-state index in [1.165, 1.54) is 4.68 Å². The Hall–Kier alpha value is -3.71. The van der Waals surface area contributed by atoms with E-state index in [1.807, 2.05) is 30.3 Å². The molecule has 0 atom stereocenters. The van der Waals surface area contributed by atoms with Gasteiger partial charge in [0.2, 0.25) is 5.82 Å². The van der Waals surface area contributed by atoms with Gasteiger partial charge < -0.3 is 9.52 Å². The predicted molar refractivity (Wildman–Crippen MR) is 120 cm³/mol. The second kappa shape index (κ2) is 7.27. The fraction of sp³-hybridized carbons (Fsp3) is 0. The summed E-state index contributed by atoms with van der Waals surface area (Å²) in [5, 5.41) is 15.2. The molecule has 0 bridgehead atoms. The first-order chi connectivity index (χ1) is 14.6. The maximum atomic E-state index is 13.2. The predicted octanol–water partition coefficient (Wildman–Crippen LogP) is 5.16. The number of aromatic hydroxyl groups is 1. The highest BCUT2D eigenvalue weighted by Crippen LogP contribution is 2.29. The average molecular weight is 460 g/mol. The topological polar surface area (TPSA) is 80.6 Å². The molecule has 0 saturated heterocycles. The van der Waals surface area contributed by atoms with Crippen molar-refractivity contribution in [2.24, 2.45) is 5.10 Å². The second-order valence-electron chi connectivity index (χ2n) is 6.70. The first-order valence-corrected chi connectivity index (χ1v) is 9.92. The van der Waals surface area contributed by atoms with Crippen LogP contribution in [0.2, 0.25) is 0 Å². The van der Waals surface area contributed by atoms with Gasteiger partial charge in [0, 0.05) is 9.86 Å². The molecule has 5 aromatic rings. The van der Waals surface area contributed by atoms with Crippen molar-refractivity contribution in [2.75, 3.05) is 0 Å². The number of hydrogen-bond donors (Lipinski definition) is 1. The molecule has 0 unspecified atom stereocenters. The standard InChI is InChI=1S/C23H14BrN3O3/c24-16-7-10-20-15(11-16)12-21(30-20)22-26-19-4-2-1-3-18(19)23(29)27(22)25-13-14-5-8-17(28)9-6-14/h1-13,28H. The van der Waals surface area contributed by atoms with Crippen molar-refractivity contribution in [1.29, 1.82) is 0 Å². The molecule has 0 amide bonds. The van der Waals surface area contributed by atoms with Crippen molar-refractivity contribution in [3.05, 3.63) is 93.2 Å². The molecule has 0 radical (unpaired) electrons. The van der Waals surface area contributed by atoms with E-state index in [1.54, 1.807) is 48.7 Å². The molecular formula is C23H14BrN3O3. The van der Waals surface area contributed by atoms with E-state index in [4.69, 9.17) is 4.42 Å². The van der Waals surface area contributed by atoms with Crippen LogP contribution < -0.4 is 5.56 Å². The van der Waals surface area contributed by atoms with Crippen LogP contribution in [0.25, 0.3) is 33.5 Å². The lowest BCUT2D eigenvalue weighted by molar-refractivity contribution is 0.475. The van der Waals surface area contributed by atoms with E-state index in [2.05, 4.69) is 26.0 Å². The number of aromatic nitrogens is 2. The molecule has 0 aliphatic carbocycles. The van der Waals surface area contributed by atoms with Crippen LogP contribution in [0.5, 0.6) is 5.75 Å². The van der Waals surface area contributed by atoms with Gasteiger partial charge >= 0.3 is 0 Å². The smallest absolute Gasteiger partial charge is 0.282 e. The van der Waals surface area contributed by atoms with Crippen LogP contribution in [0.1, 0.15) is 5.56 Å². The number of benzene rings is 3. The lowest BCUT2D eigenvalue weighted by atomic mass is 10.2. The molecule has 0 aliphatic heterocycles. The Kier molecular flexibility index (Phi) is 4.44. The van der Waals surface area contributed by atoms with Gasteiger partial charge in [-0.1, -0.05) is 28.1 Å². The number of phenolic OH excluding ortho intramolecular Hbond substituents is 1. The van der Waals surface area contributed by atoms with Crippen molar-refractivity contribution in [3.63, 3.8) is 0 Å². The number of halogens is 1. The van der Waals surface area contributed by atoms with Crippen molar-refractivity contribution in [2.45, 2.75) is 0 Å². The Labute approximate surface area is 178 Å². The minimum Gasteiger partial charge on any atom is -0.508 e. The number of nitrogens with zero attached hydrogens (tertiary/aromatic N) is 3. The Morgan fingerprint density at radius 2 is 1.83 bits per heavy atom. The van der Waals surface area contributed by atoms with E-state index in [0.717, 1.165) is 15.4 Å². The number of para-hydroxylation sites is 1. The summed E-state index contributed by atoms with van der Waals surface area (Å²) in [5.74, 6) is 0.903. The quantitative estimate of drug-likeness (QED) is 0.377. The molecule has 0 spiro atoms. The van der Waals surface area contributed by atoms with Gasteiger partial charge in [0.15, 0.2) is 5.76 Å². The Bertz CT molecular complexity index is 1480. The van der Waals surface area contributed by atoms with Gasteiger partial charge in [-0.05, 0) is 66.2 Å². The third-order valence-corrected chi connectivity index (χ3v) is 5.16. The zero-order valence-corrected chi connectivity index (χ0v) is 17.1. The van der Waals surface area contributed by atoms with Gasteiger partial charge in [-0.3, -0.25) is 4.79 Å². The molecule has 1 N–H and O–H groups in total.